The number of aromatic nitrogens is 2. The van der Waals surface area contributed by atoms with Crippen molar-refractivity contribution in [2.75, 3.05) is 51.0 Å². The van der Waals surface area contributed by atoms with Crippen molar-refractivity contribution >= 4 is 22.7 Å². The highest BCUT2D eigenvalue weighted by atomic mass is 16.5. The second-order valence-electron chi connectivity index (χ2n) is 7.21. The zero-order chi connectivity index (χ0) is 21.1. The maximum Gasteiger partial charge on any atom is 0.227 e. The highest BCUT2D eigenvalue weighted by Crippen LogP contribution is 2.34. The van der Waals surface area contributed by atoms with Gasteiger partial charge < -0.3 is 20.1 Å². The topological polar surface area (TPSA) is 101 Å². The molecule has 0 aliphatic carbocycles. The van der Waals surface area contributed by atoms with Crippen LogP contribution >= 0.6 is 0 Å². The summed E-state index contributed by atoms with van der Waals surface area (Å²) < 4.78 is 10.7. The van der Waals surface area contributed by atoms with Crippen LogP contribution in [0.5, 0.6) is 11.5 Å². The lowest BCUT2D eigenvalue weighted by molar-refractivity contribution is 0.249. The fourth-order valence-electron chi connectivity index (χ4n) is 3.66. The van der Waals surface area contributed by atoms with Crippen molar-refractivity contribution in [3.8, 4) is 17.6 Å². The van der Waals surface area contributed by atoms with E-state index in [1.54, 1.807) is 14.2 Å². The van der Waals surface area contributed by atoms with Crippen molar-refractivity contribution in [2.45, 2.75) is 6.54 Å². The summed E-state index contributed by atoms with van der Waals surface area (Å²) in [6.07, 6.45) is 0. The molecule has 0 unspecified atom stereocenters. The molecule has 0 radical (unpaired) electrons. The SMILES string of the molecule is COc1cc2nc(N3CCN(Cc4ccc(C#N)cc4)CC3)nc(N)c2cc1OC. The number of hydrogen-bond acceptors (Lipinski definition) is 8. The van der Waals surface area contributed by atoms with Gasteiger partial charge in [-0.25, -0.2) is 4.98 Å². The van der Waals surface area contributed by atoms with Gasteiger partial charge in [0.05, 0.1) is 31.4 Å². The fourth-order valence-corrected chi connectivity index (χ4v) is 3.66. The number of ether oxygens (including phenoxy) is 2. The summed E-state index contributed by atoms with van der Waals surface area (Å²) in [6, 6.07) is 13.5. The third-order valence-corrected chi connectivity index (χ3v) is 5.36. The molecule has 2 N–H and O–H groups in total. The Kier molecular flexibility index (Phi) is 5.55. The lowest BCUT2D eigenvalue weighted by Gasteiger charge is -2.34. The Morgan fingerprint density at radius 1 is 1.00 bits per heavy atom. The molecule has 154 valence electrons. The molecule has 4 rings (SSSR count). The van der Waals surface area contributed by atoms with E-state index in [1.807, 2.05) is 36.4 Å². The fraction of sp³-hybridized carbons (Fsp3) is 0.318. The second kappa shape index (κ2) is 8.43. The summed E-state index contributed by atoms with van der Waals surface area (Å²) >= 11 is 0. The Bertz CT molecular complexity index is 1090. The van der Waals surface area contributed by atoms with Crippen LogP contribution < -0.4 is 20.1 Å². The van der Waals surface area contributed by atoms with E-state index in [0.717, 1.165) is 43.6 Å². The van der Waals surface area contributed by atoms with Gasteiger partial charge in [-0.15, -0.1) is 0 Å². The molecule has 3 aromatic rings. The minimum absolute atomic E-state index is 0.427. The van der Waals surface area contributed by atoms with Gasteiger partial charge in [0.25, 0.3) is 0 Å². The van der Waals surface area contributed by atoms with Crippen molar-refractivity contribution in [3.05, 3.63) is 47.5 Å². The number of nitrogens with zero attached hydrogens (tertiary/aromatic N) is 5. The van der Waals surface area contributed by atoms with Gasteiger partial charge >= 0.3 is 0 Å². The Balaban J connectivity index is 1.48. The number of nitrogens with two attached hydrogens (primary N) is 1. The standard InChI is InChI=1S/C22H24N6O2/c1-29-19-11-17-18(12-20(19)30-2)25-22(26-21(17)24)28-9-7-27(8-10-28)14-16-5-3-15(13-23)4-6-16/h3-6,11-12H,7-10,14H2,1-2H3,(H2,24,25,26). The lowest BCUT2D eigenvalue weighted by Crippen LogP contribution is -2.46. The number of rotatable bonds is 5. The van der Waals surface area contributed by atoms with E-state index in [4.69, 9.17) is 25.5 Å². The summed E-state index contributed by atoms with van der Waals surface area (Å²) in [5.74, 6) is 2.27. The average Bonchev–Trinajstić information content (AvgIpc) is 2.79. The third kappa shape index (κ3) is 3.93. The molecule has 0 atom stereocenters. The molecule has 30 heavy (non-hydrogen) atoms. The average molecular weight is 404 g/mol. The maximum absolute atomic E-state index is 8.93. The van der Waals surface area contributed by atoms with Gasteiger partial charge in [0, 0.05) is 44.2 Å². The molecular weight excluding hydrogens is 380 g/mol. The van der Waals surface area contributed by atoms with Gasteiger partial charge in [0.15, 0.2) is 11.5 Å². The number of hydrogen-bond donors (Lipinski definition) is 1. The van der Waals surface area contributed by atoms with Crippen LogP contribution in [0.1, 0.15) is 11.1 Å². The summed E-state index contributed by atoms with van der Waals surface area (Å²) in [7, 11) is 3.19. The zero-order valence-electron chi connectivity index (χ0n) is 17.1. The molecule has 8 heteroatoms. The molecule has 1 saturated heterocycles. The van der Waals surface area contributed by atoms with Crippen molar-refractivity contribution in [2.24, 2.45) is 0 Å². The van der Waals surface area contributed by atoms with Crippen LogP contribution in [0.3, 0.4) is 0 Å². The number of nitrogen functional groups attached to an aromatic ring is 1. The largest absolute Gasteiger partial charge is 0.493 e. The van der Waals surface area contributed by atoms with E-state index >= 15 is 0 Å². The highest BCUT2D eigenvalue weighted by Gasteiger charge is 2.21. The van der Waals surface area contributed by atoms with Gasteiger partial charge in [-0.2, -0.15) is 10.2 Å². The first kappa shape index (κ1) is 19.7. The van der Waals surface area contributed by atoms with Crippen molar-refractivity contribution in [1.29, 1.82) is 5.26 Å². The van der Waals surface area contributed by atoms with Gasteiger partial charge in [-0.05, 0) is 23.8 Å². The van der Waals surface area contributed by atoms with Gasteiger partial charge in [0.1, 0.15) is 5.82 Å². The smallest absolute Gasteiger partial charge is 0.227 e. The van der Waals surface area contributed by atoms with Crippen LogP contribution in [0, 0.1) is 11.3 Å². The molecule has 2 aromatic carbocycles. The molecule has 1 aromatic heterocycles. The van der Waals surface area contributed by atoms with Crippen molar-refractivity contribution in [1.82, 2.24) is 14.9 Å². The molecule has 2 heterocycles. The first-order valence-corrected chi connectivity index (χ1v) is 9.77. The van der Waals surface area contributed by atoms with Crippen LogP contribution in [0.4, 0.5) is 11.8 Å². The molecule has 1 fully saturated rings. The molecule has 8 nitrogen and oxygen atoms in total. The number of anilines is 2. The molecule has 0 spiro atoms. The first-order chi connectivity index (χ1) is 14.6. The van der Waals surface area contributed by atoms with Gasteiger partial charge in [0.2, 0.25) is 5.95 Å². The van der Waals surface area contributed by atoms with Crippen LogP contribution in [0.2, 0.25) is 0 Å². The molecule has 1 aliphatic rings. The molecule has 1 aliphatic heterocycles. The summed E-state index contributed by atoms with van der Waals surface area (Å²) in [4.78, 5) is 13.8. The highest BCUT2D eigenvalue weighted by molar-refractivity contribution is 5.91. The summed E-state index contributed by atoms with van der Waals surface area (Å²) in [5, 5.41) is 9.67. The monoisotopic (exact) mass is 404 g/mol. The quantitative estimate of drug-likeness (QED) is 0.692. The number of methoxy groups -OCH3 is 2. The Morgan fingerprint density at radius 3 is 2.30 bits per heavy atom. The van der Waals surface area contributed by atoms with Crippen molar-refractivity contribution in [3.63, 3.8) is 0 Å². The predicted octanol–water partition coefficient (Wildman–Crippen LogP) is 2.42. The van der Waals surface area contributed by atoms with E-state index in [1.165, 1.54) is 5.56 Å². The number of piperazine rings is 1. The Hall–Kier alpha value is -3.57. The normalized spacial score (nSPS) is 14.5. The third-order valence-electron chi connectivity index (χ3n) is 5.36. The molecular formula is C22H24N6O2. The van der Waals surface area contributed by atoms with E-state index in [0.29, 0.717) is 28.8 Å². The summed E-state index contributed by atoms with van der Waals surface area (Å²) in [6.45, 7) is 4.28. The van der Waals surface area contributed by atoms with E-state index in [2.05, 4.69) is 20.9 Å². The first-order valence-electron chi connectivity index (χ1n) is 9.77. The van der Waals surface area contributed by atoms with E-state index < -0.39 is 0 Å². The lowest BCUT2D eigenvalue weighted by atomic mass is 10.1. The Morgan fingerprint density at radius 2 is 1.67 bits per heavy atom. The van der Waals surface area contributed by atoms with Gasteiger partial charge in [-0.1, -0.05) is 12.1 Å². The van der Waals surface area contributed by atoms with Crippen molar-refractivity contribution < 1.29 is 9.47 Å². The van der Waals surface area contributed by atoms with Crippen LogP contribution in [-0.4, -0.2) is 55.3 Å². The molecule has 0 bridgehead atoms. The zero-order valence-corrected chi connectivity index (χ0v) is 17.1. The Labute approximate surface area is 175 Å². The van der Waals surface area contributed by atoms with Gasteiger partial charge in [-0.3, -0.25) is 4.90 Å². The number of nitriles is 1. The van der Waals surface area contributed by atoms with Crippen LogP contribution in [0.25, 0.3) is 10.9 Å². The predicted molar refractivity (Wildman–Crippen MR) is 116 cm³/mol. The molecule has 0 saturated carbocycles. The van der Waals surface area contributed by atoms with E-state index in [9.17, 15) is 0 Å². The number of benzene rings is 2. The minimum Gasteiger partial charge on any atom is -0.493 e. The van der Waals surface area contributed by atoms with Crippen LogP contribution in [0.15, 0.2) is 36.4 Å². The molecule has 0 amide bonds. The maximum atomic E-state index is 8.93. The van der Waals surface area contributed by atoms with E-state index in [-0.39, 0.29) is 0 Å². The number of fused-ring (bicyclic) bond motifs is 1. The van der Waals surface area contributed by atoms with Crippen LogP contribution in [-0.2, 0) is 6.54 Å². The summed E-state index contributed by atoms with van der Waals surface area (Å²) in [5.41, 5.74) is 8.84. The minimum atomic E-state index is 0.427. The second-order valence-corrected chi connectivity index (χ2v) is 7.21.